The van der Waals surface area contributed by atoms with Crippen molar-refractivity contribution >= 4 is 27.5 Å². The molecule has 1 heterocycles. The number of sulfonamides is 1. The molecular formula is C19H23ClN3O3S+. The molecule has 2 aromatic carbocycles. The Labute approximate surface area is 164 Å². The van der Waals surface area contributed by atoms with E-state index in [1.165, 1.54) is 29.6 Å². The van der Waals surface area contributed by atoms with E-state index in [2.05, 4.69) is 16.9 Å². The summed E-state index contributed by atoms with van der Waals surface area (Å²) in [6.07, 6.45) is 0. The van der Waals surface area contributed by atoms with Crippen LogP contribution in [0.2, 0.25) is 5.02 Å². The normalized spacial score (nSPS) is 15.7. The highest BCUT2D eigenvalue weighted by molar-refractivity contribution is 7.89. The van der Waals surface area contributed by atoms with E-state index in [1.807, 2.05) is 18.2 Å². The third-order valence-corrected chi connectivity index (χ3v) is 6.69. The molecule has 0 atom stereocenters. The van der Waals surface area contributed by atoms with Gasteiger partial charge < -0.3 is 9.80 Å². The summed E-state index contributed by atoms with van der Waals surface area (Å²) < 4.78 is 26.4. The van der Waals surface area contributed by atoms with Gasteiger partial charge in [0.05, 0.1) is 31.2 Å². The van der Waals surface area contributed by atoms with Crippen molar-refractivity contribution in [2.75, 3.05) is 33.2 Å². The summed E-state index contributed by atoms with van der Waals surface area (Å²) in [5, 5.41) is 0.0954. The van der Waals surface area contributed by atoms with E-state index in [0.717, 1.165) is 19.6 Å². The molecule has 1 saturated heterocycles. The van der Waals surface area contributed by atoms with Crippen LogP contribution in [0, 0.1) is 0 Å². The van der Waals surface area contributed by atoms with Gasteiger partial charge in [0.2, 0.25) is 10.0 Å². The van der Waals surface area contributed by atoms with E-state index in [1.54, 1.807) is 11.0 Å². The number of rotatable bonds is 5. The van der Waals surface area contributed by atoms with E-state index in [-0.39, 0.29) is 15.8 Å². The Kier molecular flexibility index (Phi) is 6.16. The highest BCUT2D eigenvalue weighted by Gasteiger charge is 2.26. The summed E-state index contributed by atoms with van der Waals surface area (Å²) in [5.41, 5.74) is 1.62. The zero-order valence-corrected chi connectivity index (χ0v) is 16.7. The Bertz CT molecular complexity index is 911. The molecule has 2 N–H and O–H groups in total. The van der Waals surface area contributed by atoms with E-state index < -0.39 is 10.0 Å². The average molecular weight is 409 g/mol. The third kappa shape index (κ3) is 4.68. The number of hydrogen-bond donors (Lipinski definition) is 2. The lowest BCUT2D eigenvalue weighted by Crippen LogP contribution is -3.13. The van der Waals surface area contributed by atoms with Crippen molar-refractivity contribution in [3.05, 3.63) is 64.7 Å². The van der Waals surface area contributed by atoms with Gasteiger partial charge in [-0.25, -0.2) is 13.1 Å². The van der Waals surface area contributed by atoms with Gasteiger partial charge in [0.25, 0.3) is 5.91 Å². The van der Waals surface area contributed by atoms with Crippen LogP contribution in [0.5, 0.6) is 0 Å². The van der Waals surface area contributed by atoms with Crippen LogP contribution in [0.1, 0.15) is 15.9 Å². The topological polar surface area (TPSA) is 70.9 Å². The second-order valence-electron chi connectivity index (χ2n) is 6.56. The van der Waals surface area contributed by atoms with E-state index in [4.69, 9.17) is 11.6 Å². The highest BCUT2D eigenvalue weighted by Crippen LogP contribution is 2.23. The summed E-state index contributed by atoms with van der Waals surface area (Å²) in [7, 11) is -2.40. The van der Waals surface area contributed by atoms with Crippen molar-refractivity contribution < 1.29 is 18.1 Å². The Morgan fingerprint density at radius 1 is 1.15 bits per heavy atom. The smallest absolute Gasteiger partial charge is 0.254 e. The lowest BCUT2D eigenvalue weighted by atomic mass is 10.1. The van der Waals surface area contributed by atoms with E-state index >= 15 is 0 Å². The van der Waals surface area contributed by atoms with Crippen molar-refractivity contribution in [3.8, 4) is 0 Å². The largest absolute Gasteiger partial charge is 0.328 e. The van der Waals surface area contributed by atoms with Crippen LogP contribution in [0.4, 0.5) is 0 Å². The van der Waals surface area contributed by atoms with Crippen molar-refractivity contribution in [1.82, 2.24) is 9.62 Å². The molecule has 0 bridgehead atoms. The number of nitrogens with zero attached hydrogens (tertiary/aromatic N) is 1. The molecule has 2 aromatic rings. The van der Waals surface area contributed by atoms with Gasteiger partial charge in [-0.05, 0) is 25.2 Å². The second-order valence-corrected chi connectivity index (χ2v) is 8.82. The summed E-state index contributed by atoms with van der Waals surface area (Å²) >= 11 is 6.00. The maximum atomic E-state index is 12.8. The number of quaternary nitrogens is 1. The molecule has 0 saturated carbocycles. The maximum absolute atomic E-state index is 12.8. The lowest BCUT2D eigenvalue weighted by molar-refractivity contribution is -0.917. The zero-order chi connectivity index (χ0) is 19.4. The Balaban J connectivity index is 1.67. The van der Waals surface area contributed by atoms with Crippen molar-refractivity contribution in [1.29, 1.82) is 0 Å². The van der Waals surface area contributed by atoms with Gasteiger partial charge in [-0.3, -0.25) is 4.79 Å². The second kappa shape index (κ2) is 8.39. The minimum Gasteiger partial charge on any atom is -0.328 e. The first kappa shape index (κ1) is 19.8. The van der Waals surface area contributed by atoms with Crippen LogP contribution in [0.3, 0.4) is 0 Å². The molecule has 8 heteroatoms. The van der Waals surface area contributed by atoms with Crippen LogP contribution in [-0.2, 0) is 16.6 Å². The number of halogens is 1. The van der Waals surface area contributed by atoms with Gasteiger partial charge in [0.15, 0.2) is 0 Å². The molecule has 144 valence electrons. The Morgan fingerprint density at radius 3 is 2.44 bits per heavy atom. The quantitative estimate of drug-likeness (QED) is 0.768. The summed E-state index contributed by atoms with van der Waals surface area (Å²) in [6.45, 7) is 3.93. The van der Waals surface area contributed by atoms with Crippen LogP contribution in [0.25, 0.3) is 0 Å². The zero-order valence-electron chi connectivity index (χ0n) is 15.1. The summed E-state index contributed by atoms with van der Waals surface area (Å²) in [6, 6.07) is 14.7. The fourth-order valence-electron chi connectivity index (χ4n) is 3.22. The highest BCUT2D eigenvalue weighted by atomic mass is 35.5. The first-order chi connectivity index (χ1) is 12.9. The number of nitrogens with one attached hydrogen (secondary N) is 2. The van der Waals surface area contributed by atoms with Crippen LogP contribution < -0.4 is 9.62 Å². The van der Waals surface area contributed by atoms with Crippen molar-refractivity contribution in [2.24, 2.45) is 0 Å². The Hall–Kier alpha value is -1.93. The first-order valence-corrected chi connectivity index (χ1v) is 10.7. The Morgan fingerprint density at radius 2 is 1.81 bits per heavy atom. The fourth-order valence-corrected chi connectivity index (χ4v) is 4.47. The van der Waals surface area contributed by atoms with Gasteiger partial charge >= 0.3 is 0 Å². The number of piperazine rings is 1. The minimum absolute atomic E-state index is 0.0779. The number of benzene rings is 2. The molecule has 1 aliphatic heterocycles. The molecular weight excluding hydrogens is 386 g/mol. The number of hydrogen-bond acceptors (Lipinski definition) is 3. The molecule has 0 unspecified atom stereocenters. The van der Waals surface area contributed by atoms with Gasteiger partial charge in [-0.15, -0.1) is 0 Å². The SMILES string of the molecule is CNS(=O)(=O)c1cc(C(=O)N2CC[NH+](Cc3ccccc3)CC2)ccc1Cl. The summed E-state index contributed by atoms with van der Waals surface area (Å²) in [4.78, 5) is 15.9. The molecule has 6 nitrogen and oxygen atoms in total. The molecule has 0 radical (unpaired) electrons. The molecule has 27 heavy (non-hydrogen) atoms. The molecule has 0 spiro atoms. The molecule has 1 fully saturated rings. The average Bonchev–Trinajstić information content (AvgIpc) is 2.69. The number of amides is 1. The number of carbonyl (C=O) groups excluding carboxylic acids is 1. The van der Waals surface area contributed by atoms with Gasteiger partial charge in [-0.2, -0.15) is 0 Å². The fraction of sp³-hybridized carbons (Fsp3) is 0.316. The molecule has 0 aliphatic carbocycles. The molecule has 1 amide bonds. The third-order valence-electron chi connectivity index (χ3n) is 4.79. The van der Waals surface area contributed by atoms with Crippen LogP contribution >= 0.6 is 11.6 Å². The van der Waals surface area contributed by atoms with Gasteiger partial charge in [0, 0.05) is 11.1 Å². The maximum Gasteiger partial charge on any atom is 0.254 e. The monoisotopic (exact) mass is 408 g/mol. The van der Waals surface area contributed by atoms with Crippen molar-refractivity contribution in [2.45, 2.75) is 11.4 Å². The van der Waals surface area contributed by atoms with Crippen molar-refractivity contribution in [3.63, 3.8) is 0 Å². The summed E-state index contributed by atoms with van der Waals surface area (Å²) in [5.74, 6) is -0.169. The van der Waals surface area contributed by atoms with Crippen LogP contribution in [-0.4, -0.2) is 52.5 Å². The van der Waals surface area contributed by atoms with Crippen LogP contribution in [0.15, 0.2) is 53.4 Å². The molecule has 1 aliphatic rings. The predicted octanol–water partition coefficient (Wildman–Crippen LogP) is 0.789. The first-order valence-electron chi connectivity index (χ1n) is 8.80. The lowest BCUT2D eigenvalue weighted by Gasteiger charge is -2.32. The van der Waals surface area contributed by atoms with Gasteiger partial charge in [0.1, 0.15) is 11.4 Å². The standard InChI is InChI=1S/C19H22ClN3O3S/c1-21-27(25,26)18-13-16(7-8-17(18)20)19(24)23-11-9-22(10-12-23)14-15-5-3-2-4-6-15/h2-8,13,21H,9-12,14H2,1H3/p+1. The molecule has 3 rings (SSSR count). The van der Waals surface area contributed by atoms with E-state index in [9.17, 15) is 13.2 Å². The minimum atomic E-state index is -3.72. The van der Waals surface area contributed by atoms with E-state index in [0.29, 0.717) is 18.7 Å². The predicted molar refractivity (Wildman–Crippen MR) is 104 cm³/mol. The molecule has 0 aromatic heterocycles. The van der Waals surface area contributed by atoms with Gasteiger partial charge in [-0.1, -0.05) is 41.9 Å². The number of carbonyl (C=O) groups is 1.